The van der Waals surface area contributed by atoms with Gasteiger partial charge in [-0.3, -0.25) is 0 Å². The van der Waals surface area contributed by atoms with Crippen molar-refractivity contribution in [2.45, 2.75) is 71.6 Å². The molecule has 0 amide bonds. The van der Waals surface area contributed by atoms with E-state index in [-0.39, 0.29) is 16.2 Å². The normalized spacial score (nSPS) is 15.9. The summed E-state index contributed by atoms with van der Waals surface area (Å²) in [5, 5.41) is 5.44. The van der Waals surface area contributed by atoms with Crippen LogP contribution in [0.3, 0.4) is 0 Å². The van der Waals surface area contributed by atoms with Crippen molar-refractivity contribution >= 4 is 37.1 Å². The fourth-order valence-corrected chi connectivity index (χ4v) is 8.96. The van der Waals surface area contributed by atoms with Crippen LogP contribution in [0, 0.1) is 0 Å². The Morgan fingerprint density at radius 3 is 1.23 bits per heavy atom. The lowest BCUT2D eigenvalue weighted by Gasteiger charge is -2.40. The van der Waals surface area contributed by atoms with Crippen LogP contribution in [0.4, 0.5) is 0 Å². The summed E-state index contributed by atoms with van der Waals surface area (Å²) >= 11 is 0. The van der Waals surface area contributed by atoms with E-state index < -0.39 is 15.8 Å². The molecule has 0 saturated carbocycles. The molecular formula is C37H44OP2. The molecule has 0 aliphatic carbocycles. The van der Waals surface area contributed by atoms with Crippen molar-refractivity contribution in [3.05, 3.63) is 107 Å². The highest BCUT2D eigenvalue weighted by molar-refractivity contribution is 7.72. The molecule has 1 aliphatic rings. The quantitative estimate of drug-likeness (QED) is 0.224. The summed E-state index contributed by atoms with van der Waals surface area (Å²) < 4.78 is 7.23. The third-order valence-electron chi connectivity index (χ3n) is 8.43. The molecule has 0 saturated heterocycles. The van der Waals surface area contributed by atoms with Crippen molar-refractivity contribution in [3.8, 4) is 11.5 Å². The summed E-state index contributed by atoms with van der Waals surface area (Å²) in [6.45, 7) is 23.5. The number of hydrogen-bond acceptors (Lipinski definition) is 1. The van der Waals surface area contributed by atoms with Gasteiger partial charge in [0.15, 0.2) is 0 Å². The number of fused-ring (bicyclic) bond motifs is 2. The van der Waals surface area contributed by atoms with Crippen LogP contribution in [-0.4, -0.2) is 13.3 Å². The molecule has 5 rings (SSSR count). The summed E-state index contributed by atoms with van der Waals surface area (Å²) in [5.74, 6) is 2.15. The van der Waals surface area contributed by atoms with Crippen LogP contribution >= 0.6 is 15.8 Å². The van der Waals surface area contributed by atoms with Gasteiger partial charge in [-0.25, -0.2) is 0 Å². The second kappa shape index (κ2) is 10.4. The van der Waals surface area contributed by atoms with E-state index in [9.17, 15) is 0 Å². The van der Waals surface area contributed by atoms with Gasteiger partial charge >= 0.3 is 0 Å². The van der Waals surface area contributed by atoms with Gasteiger partial charge in [-0.15, -0.1) is 0 Å². The SMILES string of the molecule is CP(c1ccccc1)c1cc(C(C)(C)C)cc2c1Oc1c([P@](C)c3ccccc3)cc(C(C)(C)C)cc1C2(C)C. The second-order valence-electron chi connectivity index (χ2n) is 13.8. The monoisotopic (exact) mass is 566 g/mol. The molecule has 4 aromatic rings. The van der Waals surface area contributed by atoms with E-state index in [1.807, 2.05) is 0 Å². The average molecular weight is 567 g/mol. The van der Waals surface area contributed by atoms with Crippen molar-refractivity contribution in [1.82, 2.24) is 0 Å². The largest absolute Gasteiger partial charge is 0.455 e. The van der Waals surface area contributed by atoms with Gasteiger partial charge in [0.2, 0.25) is 0 Å². The summed E-state index contributed by atoms with van der Waals surface area (Å²) in [7, 11) is -1.19. The standard InChI is InChI=1S/C37H44OP2/c1-35(2,3)25-21-29-33(31(23-25)39(9)27-17-13-11-14-18-27)38-34-30(37(29,7)8)22-26(36(4,5)6)24-32(34)40(10)28-19-15-12-16-20-28/h11-24H,1-10H3/t39-,40?/m1/s1. The van der Waals surface area contributed by atoms with E-state index in [1.165, 1.54) is 43.5 Å². The number of rotatable bonds is 4. The van der Waals surface area contributed by atoms with Crippen molar-refractivity contribution in [2.75, 3.05) is 13.3 Å². The Morgan fingerprint density at radius 2 is 0.900 bits per heavy atom. The summed E-state index contributed by atoms with van der Waals surface area (Å²) in [4.78, 5) is 0. The molecule has 3 heteroatoms. The van der Waals surface area contributed by atoms with Crippen LogP contribution in [0.1, 0.15) is 77.6 Å². The summed E-state index contributed by atoms with van der Waals surface area (Å²) in [6.07, 6.45) is 0. The number of ether oxygens (including phenoxy) is 1. The first kappa shape index (κ1) is 29.0. The highest BCUT2D eigenvalue weighted by Crippen LogP contribution is 2.53. The van der Waals surface area contributed by atoms with Gasteiger partial charge in [0.05, 0.1) is 0 Å². The van der Waals surface area contributed by atoms with Gasteiger partial charge in [-0.2, -0.15) is 0 Å². The van der Waals surface area contributed by atoms with Crippen molar-refractivity contribution < 1.29 is 4.74 Å². The first-order chi connectivity index (χ1) is 18.7. The highest BCUT2D eigenvalue weighted by atomic mass is 31.1. The Bertz CT molecular complexity index is 1410. The summed E-state index contributed by atoms with van der Waals surface area (Å²) in [5.41, 5.74) is 5.25. The first-order valence-corrected chi connectivity index (χ1v) is 17.9. The smallest absolute Gasteiger partial charge is 0.139 e. The van der Waals surface area contributed by atoms with Crippen LogP contribution in [0.2, 0.25) is 0 Å². The Kier molecular flexibility index (Phi) is 7.57. The van der Waals surface area contributed by atoms with E-state index in [1.54, 1.807) is 0 Å². The molecule has 0 radical (unpaired) electrons. The molecule has 208 valence electrons. The molecule has 1 aliphatic heterocycles. The maximum absolute atomic E-state index is 7.23. The minimum atomic E-state index is -0.593. The molecule has 0 spiro atoms. The van der Waals surface area contributed by atoms with E-state index in [2.05, 4.69) is 154 Å². The second-order valence-corrected chi connectivity index (χ2v) is 18.0. The van der Waals surface area contributed by atoms with Crippen LogP contribution in [0.5, 0.6) is 11.5 Å². The Hall–Kier alpha value is -2.46. The fraction of sp³-hybridized carbons (Fsp3) is 0.351. The van der Waals surface area contributed by atoms with Crippen LogP contribution in [0.25, 0.3) is 0 Å². The zero-order valence-corrected chi connectivity index (χ0v) is 27.7. The predicted molar refractivity (Wildman–Crippen MR) is 180 cm³/mol. The predicted octanol–water partition coefficient (Wildman–Crippen LogP) is 8.84. The molecule has 0 aromatic heterocycles. The molecule has 1 unspecified atom stereocenters. The molecule has 2 atom stereocenters. The molecule has 0 bridgehead atoms. The van der Waals surface area contributed by atoms with E-state index in [4.69, 9.17) is 4.74 Å². The van der Waals surface area contributed by atoms with Gasteiger partial charge in [0.1, 0.15) is 11.5 Å². The van der Waals surface area contributed by atoms with Crippen LogP contribution in [0.15, 0.2) is 84.9 Å². The molecule has 1 heterocycles. The van der Waals surface area contributed by atoms with Gasteiger partial charge in [0, 0.05) is 27.2 Å². The molecule has 4 aromatic carbocycles. The molecule has 0 fully saturated rings. The Labute approximate surface area is 244 Å². The minimum absolute atomic E-state index is 0.0382. The number of hydrogen-bond donors (Lipinski definition) is 0. The zero-order chi connectivity index (χ0) is 29.0. The highest BCUT2D eigenvalue weighted by Gasteiger charge is 2.40. The van der Waals surface area contributed by atoms with Crippen molar-refractivity contribution in [2.24, 2.45) is 0 Å². The maximum atomic E-state index is 7.23. The lowest BCUT2D eigenvalue weighted by Crippen LogP contribution is -2.33. The van der Waals surface area contributed by atoms with Crippen LogP contribution < -0.4 is 26.0 Å². The van der Waals surface area contributed by atoms with E-state index >= 15 is 0 Å². The molecule has 40 heavy (non-hydrogen) atoms. The topological polar surface area (TPSA) is 9.23 Å². The Balaban J connectivity index is 1.80. The van der Waals surface area contributed by atoms with E-state index in [0.29, 0.717) is 0 Å². The zero-order valence-electron chi connectivity index (χ0n) is 25.9. The molecular weight excluding hydrogens is 522 g/mol. The van der Waals surface area contributed by atoms with Gasteiger partial charge < -0.3 is 4.74 Å². The maximum Gasteiger partial charge on any atom is 0.139 e. The first-order valence-electron chi connectivity index (χ1n) is 14.3. The third kappa shape index (κ3) is 5.29. The van der Waals surface area contributed by atoms with Gasteiger partial charge in [-0.1, -0.05) is 128 Å². The van der Waals surface area contributed by atoms with Gasteiger partial charge in [-0.05, 0) is 73.9 Å². The van der Waals surface area contributed by atoms with E-state index in [0.717, 1.165) is 11.5 Å². The summed E-state index contributed by atoms with van der Waals surface area (Å²) in [6, 6.07) is 31.7. The molecule has 0 N–H and O–H groups in total. The van der Waals surface area contributed by atoms with Crippen LogP contribution in [-0.2, 0) is 16.2 Å². The fourth-order valence-electron chi connectivity index (χ4n) is 5.56. The Morgan fingerprint density at radius 1 is 0.550 bits per heavy atom. The molecule has 1 nitrogen and oxygen atoms in total. The third-order valence-corrected chi connectivity index (χ3v) is 12.7. The number of benzene rings is 4. The van der Waals surface area contributed by atoms with Crippen molar-refractivity contribution in [3.63, 3.8) is 0 Å². The lowest BCUT2D eigenvalue weighted by atomic mass is 9.72. The van der Waals surface area contributed by atoms with Gasteiger partial charge in [0.25, 0.3) is 0 Å². The average Bonchev–Trinajstić information content (AvgIpc) is 2.91. The van der Waals surface area contributed by atoms with Crippen molar-refractivity contribution in [1.29, 1.82) is 0 Å². The lowest BCUT2D eigenvalue weighted by molar-refractivity contribution is 0.421. The minimum Gasteiger partial charge on any atom is -0.455 e.